The molecule has 2 aliphatic rings. The van der Waals surface area contributed by atoms with Crippen molar-refractivity contribution >= 4 is 23.1 Å². The predicted octanol–water partition coefficient (Wildman–Crippen LogP) is 4.72. The number of carbonyl (C=O) groups is 4. The van der Waals surface area contributed by atoms with Crippen LogP contribution in [0.1, 0.15) is 88.5 Å². The zero-order valence-electron chi connectivity index (χ0n) is 23.6. The van der Waals surface area contributed by atoms with Gasteiger partial charge in [0.2, 0.25) is 0 Å². The minimum Gasteiger partial charge on any atom is -0.386 e. The van der Waals surface area contributed by atoms with Crippen molar-refractivity contribution in [1.29, 1.82) is 0 Å². The molecule has 200 valence electrons. The third-order valence-electron chi connectivity index (χ3n) is 8.28. The number of hydrogen-bond donors (Lipinski definition) is 2. The highest BCUT2D eigenvalue weighted by Crippen LogP contribution is 2.69. The van der Waals surface area contributed by atoms with Crippen molar-refractivity contribution in [3.63, 3.8) is 0 Å². The van der Waals surface area contributed by atoms with Crippen LogP contribution >= 0.6 is 0 Å². The van der Waals surface area contributed by atoms with Gasteiger partial charge in [0.15, 0.2) is 34.1 Å². The smallest absolute Gasteiger partial charge is 0.199 e. The lowest BCUT2D eigenvalue weighted by Gasteiger charge is -2.52. The van der Waals surface area contributed by atoms with Gasteiger partial charge in [-0.15, -0.1) is 0 Å². The number of Topliss-reactive ketones (excluding diaryl/α,β-unsaturated/α-hetero) is 3. The SMILES string of the molecule is CC(C)=CC[C@@H]1C[C@]2(CC=C(C)C)C(=O)[C@@](C(=O)C(C)C)(C(=O)[C@@]2(O)C(=O)/C=C\C(C)(C)O)C1(C)C. The summed E-state index contributed by atoms with van der Waals surface area (Å²) in [6, 6.07) is 0. The molecular weight excluding hydrogens is 456 g/mol. The maximum atomic E-state index is 14.5. The van der Waals surface area contributed by atoms with Crippen LogP contribution in [-0.2, 0) is 19.2 Å². The van der Waals surface area contributed by atoms with E-state index in [1.165, 1.54) is 19.9 Å². The zero-order chi connectivity index (χ0) is 28.1. The topological polar surface area (TPSA) is 109 Å². The van der Waals surface area contributed by atoms with Crippen LogP contribution in [0.2, 0.25) is 0 Å². The van der Waals surface area contributed by atoms with Crippen LogP contribution in [0.3, 0.4) is 0 Å². The summed E-state index contributed by atoms with van der Waals surface area (Å²) in [5.41, 5.74) is -7.25. The predicted molar refractivity (Wildman–Crippen MR) is 140 cm³/mol. The molecule has 0 heterocycles. The third-order valence-corrected chi connectivity index (χ3v) is 8.28. The summed E-state index contributed by atoms with van der Waals surface area (Å²) in [5, 5.41) is 22.4. The molecule has 0 aliphatic heterocycles. The van der Waals surface area contributed by atoms with E-state index in [-0.39, 0.29) is 18.8 Å². The van der Waals surface area contributed by atoms with Crippen molar-refractivity contribution < 1.29 is 29.4 Å². The van der Waals surface area contributed by atoms with Gasteiger partial charge in [0, 0.05) is 5.92 Å². The first kappa shape index (κ1) is 30.0. The molecule has 2 N–H and O–H groups in total. The molecule has 0 saturated heterocycles. The van der Waals surface area contributed by atoms with Crippen LogP contribution < -0.4 is 0 Å². The van der Waals surface area contributed by atoms with E-state index in [1.807, 2.05) is 33.8 Å². The van der Waals surface area contributed by atoms with Gasteiger partial charge >= 0.3 is 0 Å². The molecule has 0 spiro atoms. The number of carbonyl (C=O) groups excluding carboxylic acids is 4. The second kappa shape index (κ2) is 9.60. The summed E-state index contributed by atoms with van der Waals surface area (Å²) < 4.78 is 0. The van der Waals surface area contributed by atoms with Crippen molar-refractivity contribution in [2.24, 2.45) is 28.1 Å². The largest absolute Gasteiger partial charge is 0.386 e. The molecular formula is C30H44O6. The van der Waals surface area contributed by atoms with Gasteiger partial charge in [-0.25, -0.2) is 0 Å². The average molecular weight is 501 g/mol. The van der Waals surface area contributed by atoms with Crippen molar-refractivity contribution in [2.75, 3.05) is 0 Å². The Morgan fingerprint density at radius 2 is 1.56 bits per heavy atom. The maximum Gasteiger partial charge on any atom is 0.199 e. The minimum atomic E-state index is -2.72. The molecule has 0 aromatic rings. The summed E-state index contributed by atoms with van der Waals surface area (Å²) in [6.45, 7) is 17.3. The summed E-state index contributed by atoms with van der Waals surface area (Å²) in [7, 11) is 0. The molecule has 0 aromatic heterocycles. The summed E-state index contributed by atoms with van der Waals surface area (Å²) >= 11 is 0. The van der Waals surface area contributed by atoms with Crippen LogP contribution in [0.15, 0.2) is 35.5 Å². The Balaban J connectivity index is 3.01. The van der Waals surface area contributed by atoms with Crippen molar-refractivity contribution in [1.82, 2.24) is 0 Å². The highest BCUT2D eigenvalue weighted by Gasteiger charge is 2.85. The number of aliphatic hydroxyl groups is 2. The van der Waals surface area contributed by atoms with Gasteiger partial charge in [0.1, 0.15) is 0 Å². The Bertz CT molecular complexity index is 1040. The number of rotatable bonds is 9. The highest BCUT2D eigenvalue weighted by molar-refractivity contribution is 6.40. The Kier molecular flexibility index (Phi) is 8.02. The van der Waals surface area contributed by atoms with Crippen LogP contribution in [0.25, 0.3) is 0 Å². The number of fused-ring (bicyclic) bond motifs is 2. The van der Waals surface area contributed by atoms with E-state index in [9.17, 15) is 29.4 Å². The minimum absolute atomic E-state index is 0.0347. The molecule has 2 fully saturated rings. The van der Waals surface area contributed by atoms with E-state index >= 15 is 0 Å². The highest BCUT2D eigenvalue weighted by atomic mass is 16.3. The lowest BCUT2D eigenvalue weighted by Crippen LogP contribution is -2.61. The summed E-state index contributed by atoms with van der Waals surface area (Å²) in [4.78, 5) is 56.7. The molecule has 0 unspecified atom stereocenters. The molecule has 0 amide bonds. The second-order valence-electron chi connectivity index (χ2n) is 12.7. The van der Waals surface area contributed by atoms with Crippen LogP contribution in [-0.4, -0.2) is 44.5 Å². The van der Waals surface area contributed by atoms with Crippen molar-refractivity contribution in [3.8, 4) is 0 Å². The normalized spacial score (nSPS) is 31.6. The lowest BCUT2D eigenvalue weighted by atomic mass is 9.47. The Labute approximate surface area is 215 Å². The van der Waals surface area contributed by atoms with E-state index < -0.39 is 56.5 Å². The fraction of sp³-hybridized carbons (Fsp3) is 0.667. The summed E-state index contributed by atoms with van der Waals surface area (Å²) in [6.07, 6.45) is 6.52. The van der Waals surface area contributed by atoms with Gasteiger partial charge in [0.25, 0.3) is 0 Å². The van der Waals surface area contributed by atoms with Gasteiger partial charge in [-0.1, -0.05) is 57.1 Å². The fourth-order valence-corrected chi connectivity index (χ4v) is 6.10. The van der Waals surface area contributed by atoms with Crippen LogP contribution in [0.4, 0.5) is 0 Å². The first-order valence-electron chi connectivity index (χ1n) is 12.8. The van der Waals surface area contributed by atoms with Crippen LogP contribution in [0.5, 0.6) is 0 Å². The first-order valence-corrected chi connectivity index (χ1v) is 12.8. The second-order valence-corrected chi connectivity index (χ2v) is 12.7. The molecule has 36 heavy (non-hydrogen) atoms. The molecule has 2 saturated carbocycles. The standard InChI is InChI=1S/C30H44O6/c1-18(2)11-12-21-17-28(16-13-19(3)4)24(33)29(27(21,9)10,23(32)20(5)6)25(34)30(28,36)22(31)14-15-26(7,8)35/h11,13-15,20-21,35-36H,12,16-17H2,1-10H3/b15-14-/t21-,28-,29+,30+/m1/s1. The fourth-order valence-electron chi connectivity index (χ4n) is 6.10. The molecule has 0 radical (unpaired) electrons. The quantitative estimate of drug-likeness (QED) is 0.269. The summed E-state index contributed by atoms with van der Waals surface area (Å²) in [5.74, 6) is -4.17. The zero-order valence-corrected chi connectivity index (χ0v) is 23.6. The Hall–Kier alpha value is -2.18. The third kappa shape index (κ3) is 4.30. The molecule has 2 bridgehead atoms. The number of ketones is 4. The van der Waals surface area contributed by atoms with E-state index in [4.69, 9.17) is 0 Å². The van der Waals surface area contributed by atoms with Gasteiger partial charge in [-0.05, 0) is 78.2 Å². The molecule has 2 aliphatic carbocycles. The molecule has 4 atom stereocenters. The van der Waals surface area contributed by atoms with Crippen molar-refractivity contribution in [2.45, 2.75) is 99.7 Å². The maximum absolute atomic E-state index is 14.5. The lowest BCUT2D eigenvalue weighted by molar-refractivity contribution is -0.167. The van der Waals surface area contributed by atoms with Gasteiger partial charge in [-0.2, -0.15) is 0 Å². The molecule has 6 nitrogen and oxygen atoms in total. The van der Waals surface area contributed by atoms with Gasteiger partial charge in [-0.3, -0.25) is 19.2 Å². The van der Waals surface area contributed by atoms with Crippen LogP contribution in [0, 0.1) is 28.1 Å². The molecule has 6 heteroatoms. The van der Waals surface area contributed by atoms with E-state index in [0.717, 1.165) is 17.2 Å². The first-order chi connectivity index (χ1) is 16.2. The Morgan fingerprint density at radius 1 is 1.03 bits per heavy atom. The number of hydrogen-bond acceptors (Lipinski definition) is 6. The van der Waals surface area contributed by atoms with E-state index in [1.54, 1.807) is 33.8 Å². The van der Waals surface area contributed by atoms with E-state index in [0.29, 0.717) is 6.42 Å². The average Bonchev–Trinajstić information content (AvgIpc) is 2.85. The molecule has 0 aromatic carbocycles. The Morgan fingerprint density at radius 3 is 2.00 bits per heavy atom. The molecule has 2 rings (SSSR count). The van der Waals surface area contributed by atoms with Gasteiger partial charge < -0.3 is 10.2 Å². The van der Waals surface area contributed by atoms with Gasteiger partial charge in [0.05, 0.1) is 11.0 Å². The monoisotopic (exact) mass is 500 g/mol. The number of allylic oxidation sites excluding steroid dienone is 4. The van der Waals surface area contributed by atoms with Crippen molar-refractivity contribution in [3.05, 3.63) is 35.5 Å². The van der Waals surface area contributed by atoms with E-state index in [2.05, 4.69) is 0 Å².